The topological polar surface area (TPSA) is 54.9 Å². The van der Waals surface area contributed by atoms with Crippen LogP contribution in [-0.4, -0.2) is 22.1 Å². The summed E-state index contributed by atoms with van der Waals surface area (Å²) in [6.45, 7) is 2.39. The van der Waals surface area contributed by atoms with E-state index in [0.717, 1.165) is 10.6 Å². The average molecular weight is 279 g/mol. The van der Waals surface area contributed by atoms with Gasteiger partial charge in [-0.15, -0.1) is 11.3 Å². The molecule has 0 atom stereocenters. The largest absolute Gasteiger partial charge is 0.346 e. The van der Waals surface area contributed by atoms with Gasteiger partial charge in [0, 0.05) is 10.6 Å². The van der Waals surface area contributed by atoms with E-state index in [0.29, 0.717) is 17.4 Å². The van der Waals surface area contributed by atoms with Gasteiger partial charge in [-0.1, -0.05) is 17.8 Å². The SMILES string of the molecule is CSc1nc(C)cc(C(=O)NCc2cccs2)n1. The van der Waals surface area contributed by atoms with Crippen LogP contribution in [0.5, 0.6) is 0 Å². The minimum Gasteiger partial charge on any atom is -0.346 e. The Hall–Kier alpha value is -1.40. The highest BCUT2D eigenvalue weighted by Crippen LogP contribution is 2.11. The molecule has 0 aliphatic carbocycles. The molecule has 0 saturated heterocycles. The lowest BCUT2D eigenvalue weighted by atomic mass is 10.3. The molecule has 0 aliphatic rings. The zero-order valence-electron chi connectivity index (χ0n) is 10.1. The van der Waals surface area contributed by atoms with E-state index in [1.54, 1.807) is 17.4 Å². The van der Waals surface area contributed by atoms with Crippen molar-refractivity contribution in [2.75, 3.05) is 6.26 Å². The minimum atomic E-state index is -0.163. The van der Waals surface area contributed by atoms with Gasteiger partial charge in [-0.25, -0.2) is 9.97 Å². The van der Waals surface area contributed by atoms with E-state index in [1.807, 2.05) is 30.7 Å². The molecule has 0 saturated carbocycles. The summed E-state index contributed by atoms with van der Waals surface area (Å²) in [7, 11) is 0. The first-order chi connectivity index (χ1) is 8.69. The first-order valence-corrected chi connectivity index (χ1v) is 7.49. The van der Waals surface area contributed by atoms with Gasteiger partial charge in [0.25, 0.3) is 5.91 Å². The summed E-state index contributed by atoms with van der Waals surface area (Å²) in [6.07, 6.45) is 1.89. The number of nitrogens with zero attached hydrogens (tertiary/aromatic N) is 2. The highest BCUT2D eigenvalue weighted by atomic mass is 32.2. The Morgan fingerprint density at radius 2 is 2.33 bits per heavy atom. The van der Waals surface area contributed by atoms with Crippen molar-refractivity contribution in [3.63, 3.8) is 0 Å². The number of aryl methyl sites for hydroxylation is 1. The number of aromatic nitrogens is 2. The molecule has 4 nitrogen and oxygen atoms in total. The van der Waals surface area contributed by atoms with E-state index in [-0.39, 0.29) is 5.91 Å². The van der Waals surface area contributed by atoms with E-state index in [2.05, 4.69) is 15.3 Å². The summed E-state index contributed by atoms with van der Waals surface area (Å²) in [5.41, 5.74) is 1.22. The summed E-state index contributed by atoms with van der Waals surface area (Å²) in [6, 6.07) is 5.65. The zero-order valence-corrected chi connectivity index (χ0v) is 11.8. The van der Waals surface area contributed by atoms with Crippen LogP contribution in [0, 0.1) is 6.92 Å². The number of hydrogen-bond donors (Lipinski definition) is 1. The van der Waals surface area contributed by atoms with Gasteiger partial charge in [0.05, 0.1) is 6.54 Å². The third-order valence-electron chi connectivity index (χ3n) is 2.25. The Morgan fingerprint density at radius 1 is 1.50 bits per heavy atom. The van der Waals surface area contributed by atoms with Crippen molar-refractivity contribution in [3.8, 4) is 0 Å². The molecule has 0 unspecified atom stereocenters. The predicted molar refractivity (Wildman–Crippen MR) is 74.0 cm³/mol. The quantitative estimate of drug-likeness (QED) is 0.690. The van der Waals surface area contributed by atoms with Crippen molar-refractivity contribution in [3.05, 3.63) is 39.8 Å². The summed E-state index contributed by atoms with van der Waals surface area (Å²) in [5.74, 6) is -0.163. The molecule has 2 aromatic heterocycles. The maximum Gasteiger partial charge on any atom is 0.270 e. The van der Waals surface area contributed by atoms with Crippen LogP contribution in [0.3, 0.4) is 0 Å². The number of thioether (sulfide) groups is 1. The van der Waals surface area contributed by atoms with Crippen molar-refractivity contribution in [2.45, 2.75) is 18.6 Å². The summed E-state index contributed by atoms with van der Waals surface area (Å²) < 4.78 is 0. The number of rotatable bonds is 4. The first kappa shape index (κ1) is 13.0. The molecule has 6 heteroatoms. The molecule has 1 amide bonds. The average Bonchev–Trinajstić information content (AvgIpc) is 2.88. The van der Waals surface area contributed by atoms with Crippen LogP contribution in [0.15, 0.2) is 28.7 Å². The van der Waals surface area contributed by atoms with Gasteiger partial charge in [-0.2, -0.15) is 0 Å². The van der Waals surface area contributed by atoms with Crippen molar-refractivity contribution < 1.29 is 4.79 Å². The molecule has 2 aromatic rings. The lowest BCUT2D eigenvalue weighted by molar-refractivity contribution is 0.0945. The van der Waals surface area contributed by atoms with Crippen LogP contribution in [-0.2, 0) is 6.54 Å². The second-order valence-electron chi connectivity index (χ2n) is 3.64. The monoisotopic (exact) mass is 279 g/mol. The van der Waals surface area contributed by atoms with Crippen LogP contribution >= 0.6 is 23.1 Å². The summed E-state index contributed by atoms with van der Waals surface area (Å²) >= 11 is 3.05. The third-order valence-corrected chi connectivity index (χ3v) is 3.68. The standard InChI is InChI=1S/C12H13N3OS2/c1-8-6-10(15-12(14-8)17-2)11(16)13-7-9-4-3-5-18-9/h3-6H,7H2,1-2H3,(H,13,16). The number of carbonyl (C=O) groups is 1. The molecule has 0 bridgehead atoms. The normalized spacial score (nSPS) is 10.3. The Balaban J connectivity index is 2.06. The van der Waals surface area contributed by atoms with Gasteiger partial charge in [0.15, 0.2) is 5.16 Å². The number of carbonyl (C=O) groups excluding carboxylic acids is 1. The van der Waals surface area contributed by atoms with E-state index >= 15 is 0 Å². The number of nitrogens with one attached hydrogen (secondary N) is 1. The molecular formula is C12H13N3OS2. The number of amides is 1. The molecule has 2 heterocycles. The molecule has 0 spiro atoms. The Kier molecular flexibility index (Phi) is 4.33. The highest BCUT2D eigenvalue weighted by Gasteiger charge is 2.10. The fourth-order valence-corrected chi connectivity index (χ4v) is 2.49. The van der Waals surface area contributed by atoms with Crippen molar-refractivity contribution in [1.82, 2.24) is 15.3 Å². The molecule has 0 aromatic carbocycles. The molecule has 2 rings (SSSR count). The highest BCUT2D eigenvalue weighted by molar-refractivity contribution is 7.98. The van der Waals surface area contributed by atoms with E-state index in [9.17, 15) is 4.79 Å². The summed E-state index contributed by atoms with van der Waals surface area (Å²) in [5, 5.41) is 5.46. The Morgan fingerprint density at radius 3 is 3.00 bits per heavy atom. The van der Waals surface area contributed by atoms with Crippen LogP contribution in [0.4, 0.5) is 0 Å². The molecule has 0 aliphatic heterocycles. The van der Waals surface area contributed by atoms with Crippen LogP contribution in [0.1, 0.15) is 21.1 Å². The van der Waals surface area contributed by atoms with Gasteiger partial charge < -0.3 is 5.32 Å². The minimum absolute atomic E-state index is 0.163. The van der Waals surface area contributed by atoms with Crippen molar-refractivity contribution in [2.24, 2.45) is 0 Å². The second-order valence-corrected chi connectivity index (χ2v) is 5.45. The molecule has 18 heavy (non-hydrogen) atoms. The van der Waals surface area contributed by atoms with Gasteiger partial charge >= 0.3 is 0 Å². The third kappa shape index (κ3) is 3.30. The fraction of sp³-hybridized carbons (Fsp3) is 0.250. The second kappa shape index (κ2) is 5.97. The molecule has 94 valence electrons. The van der Waals surface area contributed by atoms with Crippen molar-refractivity contribution >= 4 is 29.0 Å². The van der Waals surface area contributed by atoms with Crippen LogP contribution in [0.2, 0.25) is 0 Å². The van der Waals surface area contributed by atoms with E-state index in [4.69, 9.17) is 0 Å². The lowest BCUT2D eigenvalue weighted by Crippen LogP contribution is -2.23. The maximum atomic E-state index is 12.0. The van der Waals surface area contributed by atoms with E-state index in [1.165, 1.54) is 11.8 Å². The molecule has 1 N–H and O–H groups in total. The smallest absolute Gasteiger partial charge is 0.270 e. The molecular weight excluding hydrogens is 266 g/mol. The van der Waals surface area contributed by atoms with Gasteiger partial charge in [0.1, 0.15) is 5.69 Å². The van der Waals surface area contributed by atoms with Gasteiger partial charge in [-0.05, 0) is 30.7 Å². The van der Waals surface area contributed by atoms with Gasteiger partial charge in [0.2, 0.25) is 0 Å². The zero-order chi connectivity index (χ0) is 13.0. The predicted octanol–water partition coefficient (Wildman–Crippen LogP) is 2.50. The van der Waals surface area contributed by atoms with Crippen LogP contribution in [0.25, 0.3) is 0 Å². The number of hydrogen-bond acceptors (Lipinski definition) is 5. The first-order valence-electron chi connectivity index (χ1n) is 5.39. The lowest BCUT2D eigenvalue weighted by Gasteiger charge is -2.05. The number of thiophene rings is 1. The Bertz CT molecular complexity index is 540. The Labute approximate surface area is 114 Å². The molecule has 0 radical (unpaired) electrons. The molecule has 0 fully saturated rings. The van der Waals surface area contributed by atoms with E-state index < -0.39 is 0 Å². The van der Waals surface area contributed by atoms with Gasteiger partial charge in [-0.3, -0.25) is 4.79 Å². The van der Waals surface area contributed by atoms with Crippen LogP contribution < -0.4 is 5.32 Å². The maximum absolute atomic E-state index is 12.0. The summed E-state index contributed by atoms with van der Waals surface area (Å²) in [4.78, 5) is 21.5. The van der Waals surface area contributed by atoms with Crippen molar-refractivity contribution in [1.29, 1.82) is 0 Å². The fourth-order valence-electron chi connectivity index (χ4n) is 1.42.